The molecule has 0 spiro atoms. The van der Waals surface area contributed by atoms with Crippen LogP contribution in [0.5, 0.6) is 0 Å². The van der Waals surface area contributed by atoms with Crippen molar-refractivity contribution in [3.05, 3.63) is 181 Å². The first kappa shape index (κ1) is 30.9. The highest BCUT2D eigenvalue weighted by Crippen LogP contribution is 2.47. The lowest BCUT2D eigenvalue weighted by molar-refractivity contribution is 1.06. The van der Waals surface area contributed by atoms with Gasteiger partial charge in [-0.2, -0.15) is 5.26 Å². The van der Waals surface area contributed by atoms with Crippen molar-refractivity contribution < 1.29 is 0 Å². The Bertz CT molecular complexity index is 3020. The Morgan fingerprint density at radius 3 is 1.30 bits per heavy atom. The van der Waals surface area contributed by atoms with Gasteiger partial charge in [0.1, 0.15) is 0 Å². The molecule has 0 saturated heterocycles. The van der Waals surface area contributed by atoms with E-state index < -0.39 is 0 Å². The molecule has 7 nitrogen and oxygen atoms in total. The summed E-state index contributed by atoms with van der Waals surface area (Å²) in [7, 11) is 0. The van der Waals surface area contributed by atoms with E-state index in [0.717, 1.165) is 54.7 Å². The Labute approximate surface area is 310 Å². The van der Waals surface area contributed by atoms with Crippen molar-refractivity contribution in [2.75, 3.05) is 0 Å². The van der Waals surface area contributed by atoms with Crippen LogP contribution in [0.2, 0.25) is 0 Å². The molecular weight excluding hydrogens is 663 g/mol. The van der Waals surface area contributed by atoms with Crippen molar-refractivity contribution in [2.24, 2.45) is 0 Å². The van der Waals surface area contributed by atoms with Gasteiger partial charge in [0.25, 0.3) is 0 Å². The molecule has 7 aromatic carbocycles. The summed E-state index contributed by atoms with van der Waals surface area (Å²) in [5.74, 6) is 1.15. The lowest BCUT2D eigenvalue weighted by atomic mass is 10.0. The molecule has 7 heteroatoms. The molecular formula is C47H27N7. The van der Waals surface area contributed by atoms with Gasteiger partial charge in [0.2, 0.25) is 5.69 Å². The largest absolute Gasteiger partial charge is 0.317 e. The third-order valence-corrected chi connectivity index (χ3v) is 10.0. The maximum Gasteiger partial charge on any atom is 0.224 e. The van der Waals surface area contributed by atoms with Gasteiger partial charge in [0, 0.05) is 38.2 Å². The second-order valence-electron chi connectivity index (χ2n) is 13.0. The molecule has 3 heterocycles. The minimum Gasteiger partial charge on any atom is -0.317 e. The lowest BCUT2D eigenvalue weighted by Crippen LogP contribution is -2.08. The molecule has 0 N–H and O–H groups in total. The smallest absolute Gasteiger partial charge is 0.224 e. The van der Waals surface area contributed by atoms with Crippen LogP contribution < -0.4 is 0 Å². The van der Waals surface area contributed by atoms with Gasteiger partial charge in [-0.3, -0.25) is 0 Å². The van der Waals surface area contributed by atoms with Crippen molar-refractivity contribution in [1.29, 1.82) is 5.26 Å². The topological polar surface area (TPSA) is 76.7 Å². The molecule has 3 aromatic heterocycles. The Morgan fingerprint density at radius 1 is 0.481 bits per heavy atom. The van der Waals surface area contributed by atoms with E-state index in [1.54, 1.807) is 0 Å². The fraction of sp³-hybridized carbons (Fsp3) is 0. The van der Waals surface area contributed by atoms with Gasteiger partial charge in [-0.1, -0.05) is 133 Å². The van der Waals surface area contributed by atoms with Gasteiger partial charge in [-0.15, -0.1) is 0 Å². The average molecular weight is 690 g/mol. The zero-order valence-electron chi connectivity index (χ0n) is 28.7. The van der Waals surface area contributed by atoms with E-state index in [2.05, 4.69) is 68.6 Å². The maximum absolute atomic E-state index is 11.0. The summed E-state index contributed by atoms with van der Waals surface area (Å²) in [6.45, 7) is 8.97. The molecule has 10 aromatic rings. The molecule has 250 valence electrons. The average Bonchev–Trinajstić information content (AvgIpc) is 3.76. The highest BCUT2D eigenvalue weighted by molar-refractivity contribution is 6.13. The van der Waals surface area contributed by atoms with Crippen LogP contribution in [0.1, 0.15) is 5.56 Å². The fourth-order valence-electron chi connectivity index (χ4n) is 7.72. The molecule has 0 saturated carbocycles. The molecule has 10 rings (SSSR count). The van der Waals surface area contributed by atoms with Crippen molar-refractivity contribution in [3.8, 4) is 51.6 Å². The molecule has 0 aliphatic heterocycles. The Balaban J connectivity index is 1.40. The molecule has 0 aliphatic rings. The number of para-hydroxylation sites is 4. The second kappa shape index (κ2) is 12.4. The number of hydrogen-bond acceptors (Lipinski definition) is 4. The quantitative estimate of drug-likeness (QED) is 0.169. The number of hydrogen-bond donors (Lipinski definition) is 0. The molecule has 54 heavy (non-hydrogen) atoms. The molecule has 0 radical (unpaired) electrons. The minimum absolute atomic E-state index is 0.251. The van der Waals surface area contributed by atoms with Crippen molar-refractivity contribution in [1.82, 2.24) is 24.1 Å². The lowest BCUT2D eigenvalue weighted by Gasteiger charge is -2.21. The van der Waals surface area contributed by atoms with Crippen LogP contribution in [-0.4, -0.2) is 24.1 Å². The number of aromatic nitrogens is 5. The third-order valence-electron chi connectivity index (χ3n) is 10.0. The van der Waals surface area contributed by atoms with E-state index in [4.69, 9.17) is 21.5 Å². The van der Waals surface area contributed by atoms with Gasteiger partial charge < -0.3 is 9.13 Å². The minimum atomic E-state index is 0.251. The van der Waals surface area contributed by atoms with Crippen LogP contribution in [0.3, 0.4) is 0 Å². The Kier molecular flexibility index (Phi) is 7.11. The normalized spacial score (nSPS) is 11.3. The van der Waals surface area contributed by atoms with Crippen LogP contribution in [-0.2, 0) is 0 Å². The number of fused-ring (bicyclic) bond motifs is 6. The zero-order chi connectivity index (χ0) is 36.2. The number of nitriles is 1. The molecule has 0 unspecified atom stereocenters. The summed E-state index contributed by atoms with van der Waals surface area (Å²) < 4.78 is 4.35. The van der Waals surface area contributed by atoms with Gasteiger partial charge >= 0.3 is 0 Å². The summed E-state index contributed by atoms with van der Waals surface area (Å²) in [4.78, 5) is 19.3. The standard InChI is InChI=1S/C47H27N7/c1-49-43-42(47-51-45(30-16-4-2-5-17-30)50-46(52-47)31-18-6-3-7-19-31)32(29-48)28-41(53-37-24-12-8-20-33(37)34-21-9-13-25-38(34)53)44(43)54-39-26-14-10-22-35(39)36-23-11-15-27-40(36)54/h2-28H. The first-order valence-corrected chi connectivity index (χ1v) is 17.6. The van der Waals surface area contributed by atoms with E-state index >= 15 is 0 Å². The van der Waals surface area contributed by atoms with E-state index in [0.29, 0.717) is 28.6 Å². The van der Waals surface area contributed by atoms with Gasteiger partial charge in [0.15, 0.2) is 17.5 Å². The first-order valence-electron chi connectivity index (χ1n) is 17.6. The number of nitrogens with zero attached hydrogens (tertiary/aromatic N) is 7. The van der Waals surface area contributed by atoms with E-state index in [-0.39, 0.29) is 17.1 Å². The summed E-state index contributed by atoms with van der Waals surface area (Å²) in [6, 6.07) is 56.8. The van der Waals surface area contributed by atoms with Crippen LogP contribution in [0, 0.1) is 17.9 Å². The molecule has 0 fully saturated rings. The monoisotopic (exact) mass is 689 g/mol. The van der Waals surface area contributed by atoms with Gasteiger partial charge in [0.05, 0.1) is 51.6 Å². The Morgan fingerprint density at radius 2 is 0.870 bits per heavy atom. The zero-order valence-corrected chi connectivity index (χ0v) is 28.7. The number of benzene rings is 7. The Hall–Kier alpha value is -7.87. The molecule has 0 aliphatic carbocycles. The maximum atomic E-state index is 11.0. The van der Waals surface area contributed by atoms with Gasteiger partial charge in [-0.25, -0.2) is 19.8 Å². The van der Waals surface area contributed by atoms with E-state index in [1.165, 1.54) is 0 Å². The fourth-order valence-corrected chi connectivity index (χ4v) is 7.72. The molecule has 0 bridgehead atoms. The van der Waals surface area contributed by atoms with Crippen LogP contribution >= 0.6 is 0 Å². The predicted molar refractivity (Wildman–Crippen MR) is 216 cm³/mol. The third kappa shape index (κ3) is 4.70. The summed E-state index contributed by atoms with van der Waals surface area (Å²) in [5.41, 5.74) is 7.63. The molecule has 0 atom stereocenters. The highest BCUT2D eigenvalue weighted by Gasteiger charge is 2.28. The SMILES string of the molecule is [C-]#[N+]c1c(-c2nc(-c3ccccc3)nc(-c3ccccc3)n2)c(C#N)cc(-n2c3ccccc3c3ccccc32)c1-n1c2ccccc2c2ccccc21. The summed E-state index contributed by atoms with van der Waals surface area (Å²) >= 11 is 0. The predicted octanol–water partition coefficient (Wildman–Crippen LogP) is 11.5. The summed E-state index contributed by atoms with van der Waals surface area (Å²) in [5, 5.41) is 15.3. The van der Waals surface area contributed by atoms with Crippen molar-refractivity contribution in [2.45, 2.75) is 0 Å². The summed E-state index contributed by atoms with van der Waals surface area (Å²) in [6.07, 6.45) is 0. The van der Waals surface area contributed by atoms with Crippen LogP contribution in [0.4, 0.5) is 5.69 Å². The molecule has 0 amide bonds. The van der Waals surface area contributed by atoms with Crippen molar-refractivity contribution in [3.63, 3.8) is 0 Å². The van der Waals surface area contributed by atoms with Crippen molar-refractivity contribution >= 4 is 49.3 Å². The highest BCUT2D eigenvalue weighted by atomic mass is 15.1. The van der Waals surface area contributed by atoms with E-state index in [9.17, 15) is 5.26 Å². The number of rotatable bonds is 5. The van der Waals surface area contributed by atoms with Gasteiger partial charge in [-0.05, 0) is 30.3 Å². The van der Waals surface area contributed by atoms with Crippen LogP contribution in [0.25, 0.3) is 94.0 Å². The van der Waals surface area contributed by atoms with E-state index in [1.807, 2.05) is 115 Å². The van der Waals surface area contributed by atoms with Crippen LogP contribution in [0.15, 0.2) is 164 Å². The second-order valence-corrected chi connectivity index (χ2v) is 13.0. The first-order chi connectivity index (χ1) is 26.7.